The first-order valence-corrected chi connectivity index (χ1v) is 8.03. The molecule has 4 rings (SSSR count). The maximum Gasteiger partial charge on any atom is 0.272 e. The number of piperidine rings is 2. The Balaban J connectivity index is 1.62. The van der Waals surface area contributed by atoms with Gasteiger partial charge in [-0.1, -0.05) is 24.5 Å². The van der Waals surface area contributed by atoms with Crippen molar-refractivity contribution in [1.29, 1.82) is 0 Å². The molecular formula is C18H24N4O. The van der Waals surface area contributed by atoms with Crippen LogP contribution in [0.1, 0.15) is 52.2 Å². The molecule has 0 spiro atoms. The second-order valence-electron chi connectivity index (χ2n) is 6.48. The van der Waals surface area contributed by atoms with Gasteiger partial charge in [0.1, 0.15) is 0 Å². The summed E-state index contributed by atoms with van der Waals surface area (Å²) < 4.78 is 56.8. The molecule has 1 aromatic carbocycles. The first kappa shape index (κ1) is 8.83. The molecule has 5 heteroatoms. The molecule has 2 bridgehead atoms. The summed E-state index contributed by atoms with van der Waals surface area (Å²) in [6, 6.07) is -1.75. The van der Waals surface area contributed by atoms with Gasteiger partial charge in [0.25, 0.3) is 5.91 Å². The first-order chi connectivity index (χ1) is 14.0. The quantitative estimate of drug-likeness (QED) is 0.924. The largest absolute Gasteiger partial charge is 0.348 e. The Morgan fingerprint density at radius 3 is 2.83 bits per heavy atom. The van der Waals surface area contributed by atoms with E-state index in [1.807, 2.05) is 0 Å². The summed E-state index contributed by atoms with van der Waals surface area (Å²) in [4.78, 5) is 14.7. The third-order valence-electron chi connectivity index (χ3n) is 5.00. The predicted molar refractivity (Wildman–Crippen MR) is 90.4 cm³/mol. The van der Waals surface area contributed by atoms with Crippen molar-refractivity contribution in [1.82, 2.24) is 20.0 Å². The number of carbonyl (C=O) groups is 1. The van der Waals surface area contributed by atoms with Gasteiger partial charge in [-0.3, -0.25) is 9.48 Å². The molecule has 0 radical (unpaired) electrons. The van der Waals surface area contributed by atoms with Crippen LogP contribution in [0.3, 0.4) is 0 Å². The van der Waals surface area contributed by atoms with Crippen molar-refractivity contribution in [3.05, 3.63) is 29.9 Å². The summed E-state index contributed by atoms with van der Waals surface area (Å²) in [5, 5.41) is 7.23. The normalized spacial score (nSPS) is 32.9. The SMILES string of the molecule is [2H]c1c([2H])c([2H])c2c(c(C(=O)NC3C[C@H]4CCC[C@H](C3)N4C([2H])([2H])[2H])nn2C)c1[2H]. The van der Waals surface area contributed by atoms with E-state index in [1.54, 1.807) is 11.9 Å². The summed E-state index contributed by atoms with van der Waals surface area (Å²) in [5.41, 5.74) is 0.142. The van der Waals surface area contributed by atoms with Gasteiger partial charge in [0.05, 0.1) is 11.0 Å². The summed E-state index contributed by atoms with van der Waals surface area (Å²) in [6.45, 7) is -2.15. The number of aromatic nitrogens is 2. The molecule has 1 aromatic heterocycles. The molecule has 2 aliphatic heterocycles. The van der Waals surface area contributed by atoms with E-state index in [-0.39, 0.29) is 52.8 Å². The number of fused-ring (bicyclic) bond motifs is 3. The number of rotatable bonds is 2. The Morgan fingerprint density at radius 2 is 2.09 bits per heavy atom. The van der Waals surface area contributed by atoms with Gasteiger partial charge in [-0.15, -0.1) is 0 Å². The zero-order chi connectivity index (χ0) is 22.0. The fourth-order valence-electron chi connectivity index (χ4n) is 3.88. The minimum Gasteiger partial charge on any atom is -0.348 e. The maximum atomic E-state index is 13.0. The number of amides is 1. The number of nitrogens with one attached hydrogen (secondary N) is 1. The monoisotopic (exact) mass is 319 g/mol. The second kappa shape index (κ2) is 5.64. The molecule has 2 aliphatic rings. The number of hydrogen-bond donors (Lipinski definition) is 1. The topological polar surface area (TPSA) is 50.2 Å². The van der Waals surface area contributed by atoms with Crippen molar-refractivity contribution in [2.45, 2.75) is 50.2 Å². The molecule has 122 valence electrons. The van der Waals surface area contributed by atoms with Gasteiger partial charge in [0.2, 0.25) is 0 Å². The van der Waals surface area contributed by atoms with Crippen LogP contribution in [0.5, 0.6) is 0 Å². The van der Waals surface area contributed by atoms with E-state index < -0.39 is 18.9 Å². The Labute approximate surface area is 146 Å². The zero-order valence-electron chi connectivity index (χ0n) is 20.0. The van der Waals surface area contributed by atoms with E-state index in [4.69, 9.17) is 9.60 Å². The van der Waals surface area contributed by atoms with E-state index in [2.05, 4.69) is 10.4 Å². The minimum absolute atomic E-state index is 0.0390. The van der Waals surface area contributed by atoms with Crippen LogP contribution in [-0.4, -0.2) is 45.7 Å². The molecule has 2 fully saturated rings. The molecule has 23 heavy (non-hydrogen) atoms. The Hall–Kier alpha value is -1.88. The highest BCUT2D eigenvalue weighted by Crippen LogP contribution is 2.32. The third-order valence-corrected chi connectivity index (χ3v) is 5.00. The molecule has 0 saturated carbocycles. The van der Waals surface area contributed by atoms with Crippen molar-refractivity contribution in [3.63, 3.8) is 0 Å². The highest BCUT2D eigenvalue weighted by molar-refractivity contribution is 6.04. The van der Waals surface area contributed by atoms with Crippen LogP contribution >= 0.6 is 0 Å². The third kappa shape index (κ3) is 2.53. The fraction of sp³-hybridized carbons (Fsp3) is 0.556. The molecular weight excluding hydrogens is 288 g/mol. The van der Waals surface area contributed by atoms with Crippen LogP contribution < -0.4 is 5.32 Å². The van der Waals surface area contributed by atoms with Crippen LogP contribution in [0.25, 0.3) is 10.9 Å². The highest BCUT2D eigenvalue weighted by atomic mass is 16.2. The van der Waals surface area contributed by atoms with Gasteiger partial charge in [-0.25, -0.2) is 0 Å². The summed E-state index contributed by atoms with van der Waals surface area (Å²) in [7, 11) is 1.54. The smallest absolute Gasteiger partial charge is 0.272 e. The first-order valence-electron chi connectivity index (χ1n) is 11.5. The number of hydrogen-bond acceptors (Lipinski definition) is 3. The van der Waals surface area contributed by atoms with Gasteiger partial charge in [-0.05, 0) is 38.7 Å². The molecule has 1 N–H and O–H groups in total. The summed E-state index contributed by atoms with van der Waals surface area (Å²) in [5.74, 6) is -0.504. The van der Waals surface area contributed by atoms with Crippen LogP contribution in [-0.2, 0) is 7.05 Å². The number of carbonyl (C=O) groups excluding carboxylic acids is 1. The lowest BCUT2D eigenvalue weighted by Gasteiger charge is -2.47. The lowest BCUT2D eigenvalue weighted by molar-refractivity contribution is 0.0462. The van der Waals surface area contributed by atoms with Crippen molar-refractivity contribution >= 4 is 16.8 Å². The maximum absolute atomic E-state index is 13.0. The van der Waals surface area contributed by atoms with E-state index in [0.29, 0.717) is 12.8 Å². The lowest BCUT2D eigenvalue weighted by Crippen LogP contribution is -2.55. The van der Waals surface area contributed by atoms with Crippen LogP contribution in [0, 0.1) is 0 Å². The molecule has 1 amide bonds. The average molecular weight is 319 g/mol. The van der Waals surface area contributed by atoms with Crippen LogP contribution in [0.2, 0.25) is 0 Å². The van der Waals surface area contributed by atoms with Crippen molar-refractivity contribution in [3.8, 4) is 0 Å². The van der Waals surface area contributed by atoms with Crippen molar-refractivity contribution < 1.29 is 14.4 Å². The van der Waals surface area contributed by atoms with Gasteiger partial charge < -0.3 is 10.2 Å². The average Bonchev–Trinajstić information content (AvgIpc) is 3.00. The molecule has 0 aliphatic carbocycles. The Morgan fingerprint density at radius 1 is 1.35 bits per heavy atom. The lowest BCUT2D eigenvalue weighted by atomic mass is 9.82. The summed E-state index contributed by atoms with van der Waals surface area (Å²) >= 11 is 0. The fourth-order valence-corrected chi connectivity index (χ4v) is 3.88. The number of aryl methyl sites for hydroxylation is 1. The van der Waals surface area contributed by atoms with E-state index in [9.17, 15) is 4.79 Å². The number of benzene rings is 1. The minimum atomic E-state index is -2.15. The zero-order valence-corrected chi connectivity index (χ0v) is 13.0. The van der Waals surface area contributed by atoms with Gasteiger partial charge in [-0.2, -0.15) is 5.10 Å². The van der Waals surface area contributed by atoms with E-state index in [0.717, 1.165) is 19.3 Å². The van der Waals surface area contributed by atoms with Crippen molar-refractivity contribution in [2.75, 3.05) is 6.98 Å². The Bertz CT molecular complexity index is 1000. The van der Waals surface area contributed by atoms with Gasteiger partial charge >= 0.3 is 0 Å². The van der Waals surface area contributed by atoms with Crippen molar-refractivity contribution in [2.24, 2.45) is 7.05 Å². The number of para-hydroxylation sites is 1. The number of nitrogens with zero attached hydrogens (tertiary/aromatic N) is 3. The van der Waals surface area contributed by atoms with Crippen LogP contribution in [0.4, 0.5) is 0 Å². The van der Waals surface area contributed by atoms with Gasteiger partial charge in [0.15, 0.2) is 5.69 Å². The molecule has 2 atom stereocenters. The molecule has 2 saturated heterocycles. The second-order valence-corrected chi connectivity index (χ2v) is 6.48. The predicted octanol–water partition coefficient (Wildman–Crippen LogP) is 2.32. The molecule has 5 nitrogen and oxygen atoms in total. The van der Waals surface area contributed by atoms with E-state index in [1.165, 1.54) is 4.68 Å². The molecule has 3 heterocycles. The molecule has 0 unspecified atom stereocenters. The highest BCUT2D eigenvalue weighted by Gasteiger charge is 2.36. The Kier molecular flexibility index (Phi) is 2.16. The van der Waals surface area contributed by atoms with Crippen LogP contribution in [0.15, 0.2) is 24.2 Å². The van der Waals surface area contributed by atoms with Gasteiger partial charge in [0, 0.05) is 34.7 Å². The summed E-state index contributed by atoms with van der Waals surface area (Å²) in [6.07, 6.45) is 3.60. The standard InChI is InChI=1S/C18H24N4O/c1-21-13-6-5-7-14(21)11-12(10-13)19-18(23)17-15-8-3-4-9-16(15)22(2)20-17/h3-4,8-9,12-14H,5-7,10-11H2,1-2H3,(H,19,23)/t13-,14-/m1/s1/i1D3,3D,4D,8D,9D. The molecule has 2 aromatic rings. The van der Waals surface area contributed by atoms with E-state index >= 15 is 0 Å².